The lowest BCUT2D eigenvalue weighted by atomic mass is 9.81. The SMILES string of the molecule is Cc1ccccc1CNC(=O)NCC(C)(C)C(O)C(C)C. The van der Waals surface area contributed by atoms with Crippen LogP contribution in [0.1, 0.15) is 38.8 Å². The van der Waals surface area contributed by atoms with E-state index < -0.39 is 6.10 Å². The van der Waals surface area contributed by atoms with E-state index in [2.05, 4.69) is 10.6 Å². The first-order valence-corrected chi connectivity index (χ1v) is 7.48. The molecule has 1 rings (SSSR count). The fourth-order valence-electron chi connectivity index (χ4n) is 2.36. The molecule has 0 heterocycles. The lowest BCUT2D eigenvalue weighted by molar-refractivity contribution is 0.0151. The Hall–Kier alpha value is -1.55. The molecule has 2 amide bonds. The topological polar surface area (TPSA) is 61.4 Å². The maximum atomic E-state index is 11.9. The summed E-state index contributed by atoms with van der Waals surface area (Å²) >= 11 is 0. The highest BCUT2D eigenvalue weighted by Crippen LogP contribution is 2.24. The van der Waals surface area contributed by atoms with Crippen LogP contribution in [0, 0.1) is 18.3 Å². The number of aryl methyl sites for hydroxylation is 1. The Bertz CT molecular complexity index is 470. The van der Waals surface area contributed by atoms with Gasteiger partial charge in [-0.1, -0.05) is 52.0 Å². The molecule has 0 radical (unpaired) electrons. The van der Waals surface area contributed by atoms with Gasteiger partial charge in [0, 0.05) is 18.5 Å². The summed E-state index contributed by atoms with van der Waals surface area (Å²) < 4.78 is 0. The smallest absolute Gasteiger partial charge is 0.315 e. The van der Waals surface area contributed by atoms with Crippen LogP contribution in [0.15, 0.2) is 24.3 Å². The summed E-state index contributed by atoms with van der Waals surface area (Å²) in [5, 5.41) is 15.8. The molecular weight excluding hydrogens is 264 g/mol. The molecule has 0 saturated heterocycles. The van der Waals surface area contributed by atoms with Crippen LogP contribution < -0.4 is 10.6 Å². The van der Waals surface area contributed by atoms with Crippen LogP contribution in [0.3, 0.4) is 0 Å². The Morgan fingerprint density at radius 1 is 1.24 bits per heavy atom. The lowest BCUT2D eigenvalue weighted by Gasteiger charge is -2.33. The van der Waals surface area contributed by atoms with Crippen LogP contribution in [0.2, 0.25) is 0 Å². The molecule has 0 fully saturated rings. The third-order valence-electron chi connectivity index (χ3n) is 3.84. The third-order valence-corrected chi connectivity index (χ3v) is 3.84. The maximum absolute atomic E-state index is 11.9. The minimum Gasteiger partial charge on any atom is -0.392 e. The van der Waals surface area contributed by atoms with Gasteiger partial charge >= 0.3 is 6.03 Å². The minimum atomic E-state index is -0.450. The minimum absolute atomic E-state index is 0.164. The number of benzene rings is 1. The van der Waals surface area contributed by atoms with Gasteiger partial charge in [-0.3, -0.25) is 0 Å². The predicted octanol–water partition coefficient (Wildman–Crippen LogP) is 2.84. The molecule has 1 unspecified atom stereocenters. The van der Waals surface area contributed by atoms with E-state index in [1.165, 1.54) is 0 Å². The molecule has 0 aliphatic heterocycles. The summed E-state index contributed by atoms with van der Waals surface area (Å²) in [6.07, 6.45) is -0.450. The van der Waals surface area contributed by atoms with Gasteiger partial charge in [-0.2, -0.15) is 0 Å². The van der Waals surface area contributed by atoms with Crippen LogP contribution in [0.5, 0.6) is 0 Å². The number of hydrogen-bond acceptors (Lipinski definition) is 2. The Labute approximate surface area is 128 Å². The van der Waals surface area contributed by atoms with Crippen molar-refractivity contribution in [3.8, 4) is 0 Å². The highest BCUT2D eigenvalue weighted by Gasteiger charge is 2.30. The number of urea groups is 1. The Morgan fingerprint density at radius 2 is 1.86 bits per heavy atom. The van der Waals surface area contributed by atoms with Crippen molar-refractivity contribution < 1.29 is 9.90 Å². The van der Waals surface area contributed by atoms with E-state index in [1.54, 1.807) is 0 Å². The highest BCUT2D eigenvalue weighted by atomic mass is 16.3. The van der Waals surface area contributed by atoms with Crippen LogP contribution in [-0.2, 0) is 6.54 Å². The zero-order valence-corrected chi connectivity index (χ0v) is 13.7. The van der Waals surface area contributed by atoms with Gasteiger partial charge in [0.2, 0.25) is 0 Å². The number of carbonyl (C=O) groups is 1. The number of rotatable bonds is 6. The van der Waals surface area contributed by atoms with Crippen molar-refractivity contribution in [3.05, 3.63) is 35.4 Å². The van der Waals surface area contributed by atoms with E-state index in [0.29, 0.717) is 13.1 Å². The van der Waals surface area contributed by atoms with Gasteiger partial charge in [0.1, 0.15) is 0 Å². The molecule has 118 valence electrons. The summed E-state index contributed by atoms with van der Waals surface area (Å²) in [7, 11) is 0. The van der Waals surface area contributed by atoms with Gasteiger partial charge in [-0.25, -0.2) is 4.79 Å². The Morgan fingerprint density at radius 3 is 2.43 bits per heavy atom. The lowest BCUT2D eigenvalue weighted by Crippen LogP contribution is -2.46. The maximum Gasteiger partial charge on any atom is 0.315 e. The second kappa shape index (κ2) is 7.46. The van der Waals surface area contributed by atoms with E-state index in [1.807, 2.05) is 58.9 Å². The summed E-state index contributed by atoms with van der Waals surface area (Å²) in [6, 6.07) is 7.76. The van der Waals surface area contributed by atoms with Crippen molar-refractivity contribution in [1.29, 1.82) is 0 Å². The van der Waals surface area contributed by atoms with Crippen LogP contribution in [0.25, 0.3) is 0 Å². The summed E-state index contributed by atoms with van der Waals surface area (Å²) in [6.45, 7) is 10.8. The van der Waals surface area contributed by atoms with Gasteiger partial charge in [0.15, 0.2) is 0 Å². The largest absolute Gasteiger partial charge is 0.392 e. The quantitative estimate of drug-likeness (QED) is 0.755. The highest BCUT2D eigenvalue weighted by molar-refractivity contribution is 5.73. The molecule has 1 aromatic carbocycles. The molecule has 3 N–H and O–H groups in total. The van der Waals surface area contributed by atoms with Gasteiger partial charge in [0.25, 0.3) is 0 Å². The zero-order chi connectivity index (χ0) is 16.0. The van der Waals surface area contributed by atoms with Crippen molar-refractivity contribution in [3.63, 3.8) is 0 Å². The van der Waals surface area contributed by atoms with E-state index >= 15 is 0 Å². The first kappa shape index (κ1) is 17.5. The monoisotopic (exact) mass is 292 g/mol. The molecule has 4 heteroatoms. The van der Waals surface area contributed by atoms with Crippen molar-refractivity contribution in [2.75, 3.05) is 6.54 Å². The van der Waals surface area contributed by atoms with Gasteiger partial charge in [0.05, 0.1) is 6.10 Å². The van der Waals surface area contributed by atoms with E-state index in [-0.39, 0.29) is 17.4 Å². The number of aliphatic hydroxyl groups is 1. The van der Waals surface area contributed by atoms with Crippen molar-refractivity contribution in [2.45, 2.75) is 47.3 Å². The molecule has 0 saturated carbocycles. The Balaban J connectivity index is 2.43. The van der Waals surface area contributed by atoms with Gasteiger partial charge in [-0.05, 0) is 24.0 Å². The van der Waals surface area contributed by atoms with E-state index in [9.17, 15) is 9.90 Å². The first-order valence-electron chi connectivity index (χ1n) is 7.48. The molecule has 4 nitrogen and oxygen atoms in total. The number of amides is 2. The van der Waals surface area contributed by atoms with Crippen molar-refractivity contribution in [1.82, 2.24) is 10.6 Å². The first-order chi connectivity index (χ1) is 9.74. The van der Waals surface area contributed by atoms with E-state index in [0.717, 1.165) is 11.1 Å². The van der Waals surface area contributed by atoms with Crippen LogP contribution >= 0.6 is 0 Å². The van der Waals surface area contributed by atoms with Crippen molar-refractivity contribution in [2.24, 2.45) is 11.3 Å². The Kier molecular flexibility index (Phi) is 6.21. The third kappa shape index (κ3) is 5.38. The van der Waals surface area contributed by atoms with Crippen LogP contribution in [0.4, 0.5) is 4.79 Å². The summed E-state index contributed by atoms with van der Waals surface area (Å²) in [5.74, 6) is 0.164. The van der Waals surface area contributed by atoms with Crippen LogP contribution in [-0.4, -0.2) is 23.8 Å². The molecule has 0 aliphatic rings. The van der Waals surface area contributed by atoms with Gasteiger partial charge in [-0.15, -0.1) is 0 Å². The second-order valence-electron chi connectivity index (χ2n) is 6.64. The number of hydrogen-bond donors (Lipinski definition) is 3. The molecular formula is C17H28N2O2. The molecule has 21 heavy (non-hydrogen) atoms. The molecule has 0 bridgehead atoms. The summed E-state index contributed by atoms with van der Waals surface area (Å²) in [5.41, 5.74) is 1.91. The fourth-order valence-corrected chi connectivity index (χ4v) is 2.36. The normalized spacial score (nSPS) is 13.1. The fraction of sp³-hybridized carbons (Fsp3) is 0.588. The standard InChI is InChI=1S/C17H28N2O2/c1-12(2)15(20)17(4,5)11-19-16(21)18-10-14-9-7-6-8-13(14)3/h6-9,12,15,20H,10-11H2,1-5H3,(H2,18,19,21). The van der Waals surface area contributed by atoms with E-state index in [4.69, 9.17) is 0 Å². The average molecular weight is 292 g/mol. The second-order valence-corrected chi connectivity index (χ2v) is 6.64. The average Bonchev–Trinajstić information content (AvgIpc) is 2.43. The molecule has 0 aromatic heterocycles. The molecule has 0 spiro atoms. The number of carbonyl (C=O) groups excluding carboxylic acids is 1. The molecule has 1 atom stereocenters. The number of aliphatic hydroxyl groups excluding tert-OH is 1. The molecule has 1 aromatic rings. The predicted molar refractivity (Wildman–Crippen MR) is 86.0 cm³/mol. The van der Waals surface area contributed by atoms with Gasteiger partial charge < -0.3 is 15.7 Å². The van der Waals surface area contributed by atoms with Crippen molar-refractivity contribution >= 4 is 6.03 Å². The zero-order valence-electron chi connectivity index (χ0n) is 13.7. The number of nitrogens with one attached hydrogen (secondary N) is 2. The summed E-state index contributed by atoms with van der Waals surface area (Å²) in [4.78, 5) is 11.9. The molecule has 0 aliphatic carbocycles.